The number of anilines is 2. The van der Waals surface area contributed by atoms with Crippen LogP contribution in [0, 0.1) is 25.6 Å². The average molecular weight is 370 g/mol. The largest absolute Gasteiger partial charge is 0.478 e. The number of carboxylic acid groups (broad SMARTS) is 1. The van der Waals surface area contributed by atoms with Crippen LogP contribution < -0.4 is 10.2 Å². The van der Waals surface area contributed by atoms with Crippen molar-refractivity contribution in [2.75, 3.05) is 16.8 Å². The van der Waals surface area contributed by atoms with Crippen molar-refractivity contribution >= 4 is 29.2 Å². The number of carbonyl (C=O) groups is 3. The van der Waals surface area contributed by atoms with Crippen molar-refractivity contribution in [1.29, 1.82) is 0 Å². The molecule has 1 atom stereocenters. The van der Waals surface area contributed by atoms with Gasteiger partial charge in [0, 0.05) is 18.7 Å². The van der Waals surface area contributed by atoms with Crippen molar-refractivity contribution in [1.82, 2.24) is 0 Å². The van der Waals surface area contributed by atoms with Crippen LogP contribution in [0.1, 0.15) is 27.9 Å². The Kier molecular flexibility index (Phi) is 4.94. The summed E-state index contributed by atoms with van der Waals surface area (Å²) in [5.41, 5.74) is 1.96. The summed E-state index contributed by atoms with van der Waals surface area (Å²) in [6, 6.07) is 9.02. The summed E-state index contributed by atoms with van der Waals surface area (Å²) in [4.78, 5) is 37.4. The van der Waals surface area contributed by atoms with E-state index < -0.39 is 23.6 Å². The van der Waals surface area contributed by atoms with Crippen LogP contribution in [-0.4, -0.2) is 29.4 Å². The van der Waals surface area contributed by atoms with Crippen LogP contribution in [0.15, 0.2) is 36.4 Å². The molecule has 2 aromatic carbocycles. The first-order chi connectivity index (χ1) is 12.8. The molecule has 1 saturated heterocycles. The lowest BCUT2D eigenvalue weighted by Gasteiger charge is -2.18. The zero-order valence-electron chi connectivity index (χ0n) is 15.0. The molecule has 0 radical (unpaired) electrons. The highest BCUT2D eigenvalue weighted by Crippen LogP contribution is 2.29. The fourth-order valence-electron chi connectivity index (χ4n) is 3.24. The molecule has 1 unspecified atom stereocenters. The van der Waals surface area contributed by atoms with Crippen LogP contribution in [0.2, 0.25) is 0 Å². The van der Waals surface area contributed by atoms with E-state index in [-0.39, 0.29) is 30.1 Å². The molecule has 0 spiro atoms. The molecule has 1 fully saturated rings. The van der Waals surface area contributed by atoms with Gasteiger partial charge >= 0.3 is 5.97 Å². The summed E-state index contributed by atoms with van der Waals surface area (Å²) in [5, 5.41) is 12.0. The highest BCUT2D eigenvalue weighted by molar-refractivity contribution is 6.04. The number of hydrogen-bond acceptors (Lipinski definition) is 3. The number of benzene rings is 2. The molecule has 0 bridgehead atoms. The molecule has 7 heteroatoms. The van der Waals surface area contributed by atoms with E-state index in [1.54, 1.807) is 26.0 Å². The van der Waals surface area contributed by atoms with Crippen molar-refractivity contribution < 1.29 is 23.9 Å². The van der Waals surface area contributed by atoms with E-state index in [0.29, 0.717) is 11.3 Å². The maximum atomic E-state index is 14.0. The smallest absolute Gasteiger partial charge is 0.336 e. The average Bonchev–Trinajstić information content (AvgIpc) is 2.99. The molecular formula is C20H19FN2O4. The predicted molar refractivity (Wildman–Crippen MR) is 98.4 cm³/mol. The molecule has 0 aliphatic carbocycles. The Balaban J connectivity index is 1.78. The molecule has 1 heterocycles. The number of amides is 2. The highest BCUT2D eigenvalue weighted by atomic mass is 19.1. The maximum absolute atomic E-state index is 14.0. The fraction of sp³-hybridized carbons (Fsp3) is 0.250. The molecule has 0 aromatic heterocycles. The number of halogens is 1. The number of nitrogens with zero attached hydrogens (tertiary/aromatic N) is 1. The normalized spacial score (nSPS) is 16.5. The van der Waals surface area contributed by atoms with Crippen LogP contribution in [0.25, 0.3) is 0 Å². The Labute approximate surface area is 155 Å². The van der Waals surface area contributed by atoms with E-state index in [4.69, 9.17) is 0 Å². The zero-order valence-corrected chi connectivity index (χ0v) is 15.0. The van der Waals surface area contributed by atoms with Gasteiger partial charge < -0.3 is 15.3 Å². The minimum absolute atomic E-state index is 0.0309. The van der Waals surface area contributed by atoms with Gasteiger partial charge in [-0.1, -0.05) is 18.2 Å². The molecule has 1 aliphatic heterocycles. The van der Waals surface area contributed by atoms with Crippen LogP contribution in [0.4, 0.5) is 15.8 Å². The molecule has 2 amide bonds. The monoisotopic (exact) mass is 370 g/mol. The minimum atomic E-state index is -1.08. The number of carboxylic acids is 1. The minimum Gasteiger partial charge on any atom is -0.478 e. The Hall–Kier alpha value is -3.22. The van der Waals surface area contributed by atoms with Crippen LogP contribution in [-0.2, 0) is 9.59 Å². The van der Waals surface area contributed by atoms with E-state index in [0.717, 1.165) is 5.56 Å². The summed E-state index contributed by atoms with van der Waals surface area (Å²) >= 11 is 0. The molecule has 3 rings (SSSR count). The Morgan fingerprint density at radius 1 is 1.19 bits per heavy atom. The number of aryl methyl sites for hydroxylation is 2. The van der Waals surface area contributed by atoms with Gasteiger partial charge in [-0.25, -0.2) is 9.18 Å². The second-order valence-corrected chi connectivity index (χ2v) is 6.63. The Morgan fingerprint density at radius 3 is 2.56 bits per heavy atom. The van der Waals surface area contributed by atoms with Gasteiger partial charge in [0.05, 0.1) is 17.2 Å². The van der Waals surface area contributed by atoms with Gasteiger partial charge in [0.2, 0.25) is 11.8 Å². The third-order valence-corrected chi connectivity index (χ3v) is 4.70. The SMILES string of the molecule is Cc1cc(C)c(C(=O)O)cc1NC(=O)C1CC(=O)N(c2ccccc2F)C1. The first-order valence-corrected chi connectivity index (χ1v) is 8.48. The first kappa shape index (κ1) is 18.6. The van der Waals surface area contributed by atoms with Gasteiger partial charge in [-0.3, -0.25) is 9.59 Å². The van der Waals surface area contributed by atoms with Gasteiger partial charge in [0.25, 0.3) is 0 Å². The maximum Gasteiger partial charge on any atom is 0.336 e. The first-order valence-electron chi connectivity index (χ1n) is 8.48. The topological polar surface area (TPSA) is 86.7 Å². The number of para-hydroxylation sites is 1. The Bertz CT molecular complexity index is 942. The molecule has 1 aliphatic rings. The molecule has 2 N–H and O–H groups in total. The molecule has 6 nitrogen and oxygen atoms in total. The van der Waals surface area contributed by atoms with Gasteiger partial charge in [-0.15, -0.1) is 0 Å². The number of carbonyl (C=O) groups excluding carboxylic acids is 2. The van der Waals surface area contributed by atoms with E-state index >= 15 is 0 Å². The van der Waals surface area contributed by atoms with Gasteiger partial charge in [-0.05, 0) is 43.2 Å². The zero-order chi connectivity index (χ0) is 19.7. The Morgan fingerprint density at radius 2 is 1.89 bits per heavy atom. The molecule has 0 saturated carbocycles. The summed E-state index contributed by atoms with van der Waals surface area (Å²) in [7, 11) is 0. The molecule has 140 valence electrons. The lowest BCUT2D eigenvalue weighted by atomic mass is 10.0. The lowest BCUT2D eigenvalue weighted by Crippen LogP contribution is -2.29. The third kappa shape index (κ3) is 3.67. The van der Waals surface area contributed by atoms with E-state index in [9.17, 15) is 23.9 Å². The van der Waals surface area contributed by atoms with Crippen molar-refractivity contribution in [2.24, 2.45) is 5.92 Å². The summed E-state index contributed by atoms with van der Waals surface area (Å²) in [6.45, 7) is 3.52. The summed E-state index contributed by atoms with van der Waals surface area (Å²) in [6.07, 6.45) is -0.0309. The molecule has 2 aromatic rings. The van der Waals surface area contributed by atoms with Crippen molar-refractivity contribution in [3.05, 3.63) is 58.9 Å². The van der Waals surface area contributed by atoms with Gasteiger partial charge in [0.15, 0.2) is 0 Å². The second-order valence-electron chi connectivity index (χ2n) is 6.63. The summed E-state index contributed by atoms with van der Waals surface area (Å²) in [5.74, 6) is -2.97. The van der Waals surface area contributed by atoms with Crippen LogP contribution in [0.5, 0.6) is 0 Å². The number of aromatic carboxylic acids is 1. The lowest BCUT2D eigenvalue weighted by molar-refractivity contribution is -0.122. The van der Waals surface area contributed by atoms with E-state index in [1.165, 1.54) is 29.2 Å². The summed E-state index contributed by atoms with van der Waals surface area (Å²) < 4.78 is 14.0. The van der Waals surface area contributed by atoms with Crippen molar-refractivity contribution in [3.63, 3.8) is 0 Å². The van der Waals surface area contributed by atoms with Gasteiger partial charge in [-0.2, -0.15) is 0 Å². The standard InChI is InChI=1S/C20H19FN2O4/c1-11-7-12(2)16(9-14(11)20(26)27)22-19(25)13-8-18(24)23(10-13)17-6-4-3-5-15(17)21/h3-7,9,13H,8,10H2,1-2H3,(H,22,25)(H,26,27). The van der Waals surface area contributed by atoms with Gasteiger partial charge in [0.1, 0.15) is 5.82 Å². The van der Waals surface area contributed by atoms with Crippen molar-refractivity contribution in [3.8, 4) is 0 Å². The van der Waals surface area contributed by atoms with Crippen molar-refractivity contribution in [2.45, 2.75) is 20.3 Å². The predicted octanol–water partition coefficient (Wildman–Crippen LogP) is 3.13. The second kappa shape index (κ2) is 7.19. The van der Waals surface area contributed by atoms with Crippen LogP contribution >= 0.6 is 0 Å². The molecule has 27 heavy (non-hydrogen) atoms. The number of hydrogen-bond donors (Lipinski definition) is 2. The number of nitrogens with one attached hydrogen (secondary N) is 1. The van der Waals surface area contributed by atoms with E-state index in [1.807, 2.05) is 0 Å². The quantitative estimate of drug-likeness (QED) is 0.866. The van der Waals surface area contributed by atoms with Crippen LogP contribution in [0.3, 0.4) is 0 Å². The highest BCUT2D eigenvalue weighted by Gasteiger charge is 2.36. The number of rotatable bonds is 4. The fourth-order valence-corrected chi connectivity index (χ4v) is 3.24. The van der Waals surface area contributed by atoms with E-state index in [2.05, 4.69) is 5.32 Å². The third-order valence-electron chi connectivity index (χ3n) is 4.70. The molecular weight excluding hydrogens is 351 g/mol.